The van der Waals surface area contributed by atoms with E-state index < -0.39 is 195 Å². The number of H-pyrrole nitrogens is 1. The standard InChI is InChI=1S/C52H82N16O18/c1-26(2)42(52(85)86)68-46(79)33(14-16-41(74)75)62-50(83)37(23-69)66-47(80)34(19-27-9-11-29(71)12-10-27)64-44(77)31(8-4-6-18-54)60-45(78)32(13-15-39(56)72)61-48(81)35(20-28-22-58-25-59-28)65-51(84)38(24-70)67-49(82)36(21-40(57)73)63-43(76)30(55)7-3-5-17-53/h9-12,22,25-26,30-38,42,69-71H,3-8,13-21,23-24,53-55H2,1-2H3,(H2,56,72)(H2,57,73)(H,58,59)(H,60,78)(H,61,81)(H,62,83)(H,63,76)(H,64,77)(H,65,84)(H,66,80)(H,67,82)(H,68,79)(H,74,75)(H,85,86)/t30-,31-,32-,33-,34-,35-,36-,37-,38-,42-/m0/s1. The molecule has 2 rings (SSSR count). The van der Waals surface area contributed by atoms with E-state index in [1.165, 1.54) is 50.6 Å². The van der Waals surface area contributed by atoms with Crippen molar-refractivity contribution in [2.75, 3.05) is 26.3 Å². The number of carboxylic acid groups (broad SMARTS) is 2. The molecule has 0 saturated heterocycles. The molecule has 25 N–H and O–H groups in total. The Morgan fingerprint density at radius 3 is 1.37 bits per heavy atom. The molecule has 0 bridgehead atoms. The van der Waals surface area contributed by atoms with Crippen LogP contribution in [-0.4, -0.2) is 199 Å². The van der Waals surface area contributed by atoms with Gasteiger partial charge in [0.2, 0.25) is 65.0 Å². The summed E-state index contributed by atoms with van der Waals surface area (Å²) in [7, 11) is 0. The van der Waals surface area contributed by atoms with Gasteiger partial charge in [0.25, 0.3) is 0 Å². The number of nitrogens with two attached hydrogens (primary N) is 5. The fourth-order valence-electron chi connectivity index (χ4n) is 8.15. The summed E-state index contributed by atoms with van der Waals surface area (Å²) in [5, 5.41) is 70.5. The molecule has 0 unspecified atom stereocenters. The van der Waals surface area contributed by atoms with Crippen molar-refractivity contribution in [3.63, 3.8) is 0 Å². The number of nitrogens with zero attached hydrogens (tertiary/aromatic N) is 1. The molecule has 478 valence electrons. The minimum atomic E-state index is -1.89. The maximum Gasteiger partial charge on any atom is 0.326 e. The van der Waals surface area contributed by atoms with Crippen molar-refractivity contribution >= 4 is 76.9 Å². The lowest BCUT2D eigenvalue weighted by Gasteiger charge is -2.28. The molecule has 0 spiro atoms. The predicted octanol–water partition coefficient (Wildman–Crippen LogP) is -7.42. The molecule has 1 aromatic heterocycles. The summed E-state index contributed by atoms with van der Waals surface area (Å²) in [6, 6.07) is -11.1. The number of rotatable bonds is 42. The lowest BCUT2D eigenvalue weighted by atomic mass is 10.0. The molecule has 1 heterocycles. The predicted molar refractivity (Wildman–Crippen MR) is 301 cm³/mol. The Balaban J connectivity index is 2.51. The lowest BCUT2D eigenvalue weighted by Crippen LogP contribution is -2.61. The van der Waals surface area contributed by atoms with Gasteiger partial charge in [-0.25, -0.2) is 9.78 Å². The Bertz CT molecular complexity index is 2610. The number of aliphatic hydroxyl groups excluding tert-OH is 2. The Hall–Kier alpha value is -8.86. The number of hydrogen-bond acceptors (Lipinski definition) is 20. The van der Waals surface area contributed by atoms with Crippen LogP contribution in [0.15, 0.2) is 36.8 Å². The number of primary amides is 2. The smallest absolute Gasteiger partial charge is 0.326 e. The highest BCUT2D eigenvalue weighted by molar-refractivity contribution is 5.99. The number of nitrogens with one attached hydrogen (secondary N) is 10. The second-order valence-corrected chi connectivity index (χ2v) is 20.4. The molecule has 0 fully saturated rings. The molecular weight excluding hydrogens is 1140 g/mol. The fraction of sp³-hybridized carbons (Fsp3) is 0.577. The molecule has 0 radical (unpaired) electrons. The summed E-state index contributed by atoms with van der Waals surface area (Å²) >= 11 is 0. The normalized spacial score (nSPS) is 14.6. The highest BCUT2D eigenvalue weighted by Gasteiger charge is 2.37. The van der Waals surface area contributed by atoms with Gasteiger partial charge in [0, 0.05) is 37.6 Å². The van der Waals surface area contributed by atoms with Crippen molar-refractivity contribution in [1.82, 2.24) is 57.8 Å². The number of carbonyl (C=O) groups is 13. The van der Waals surface area contributed by atoms with E-state index in [4.69, 9.17) is 28.7 Å². The van der Waals surface area contributed by atoms with Crippen molar-refractivity contribution < 1.29 is 87.9 Å². The van der Waals surface area contributed by atoms with Crippen LogP contribution in [0.4, 0.5) is 0 Å². The Morgan fingerprint density at radius 2 is 0.930 bits per heavy atom. The number of carbonyl (C=O) groups excluding carboxylic acids is 11. The van der Waals surface area contributed by atoms with E-state index in [2.05, 4.69) is 57.8 Å². The molecule has 0 aliphatic carbocycles. The van der Waals surface area contributed by atoms with E-state index in [9.17, 15) is 87.9 Å². The lowest BCUT2D eigenvalue weighted by molar-refractivity contribution is -0.144. The Kier molecular flexibility index (Phi) is 32.5. The van der Waals surface area contributed by atoms with Gasteiger partial charge in [0.1, 0.15) is 60.1 Å². The molecule has 1 aromatic carbocycles. The zero-order valence-electron chi connectivity index (χ0n) is 47.7. The van der Waals surface area contributed by atoms with E-state index in [0.717, 1.165) is 0 Å². The SMILES string of the molecule is CC(C)[C@H](NC(=O)[C@H](CCC(=O)O)NC(=O)[C@H](CO)NC(=O)[C@H](Cc1ccc(O)cc1)NC(=O)[C@H](CCCCN)NC(=O)[C@H](CCC(N)=O)NC(=O)[C@H](Cc1cnc[nH]1)NC(=O)[C@H](CO)NC(=O)[C@H](CC(N)=O)NC(=O)[C@@H](N)CCCCN)C(=O)O. The third kappa shape index (κ3) is 26.8. The van der Waals surface area contributed by atoms with Crippen LogP contribution in [0, 0.1) is 5.92 Å². The number of benzene rings is 1. The number of aromatic amines is 1. The van der Waals surface area contributed by atoms with Crippen LogP contribution in [-0.2, 0) is 75.2 Å². The first-order valence-corrected chi connectivity index (χ1v) is 27.5. The largest absolute Gasteiger partial charge is 0.508 e. The van der Waals surface area contributed by atoms with E-state index >= 15 is 0 Å². The van der Waals surface area contributed by atoms with Crippen LogP contribution in [0.25, 0.3) is 0 Å². The summed E-state index contributed by atoms with van der Waals surface area (Å²) < 4.78 is 0. The first-order valence-electron chi connectivity index (χ1n) is 27.5. The van der Waals surface area contributed by atoms with Crippen LogP contribution in [0.5, 0.6) is 5.75 Å². The van der Waals surface area contributed by atoms with Crippen LogP contribution in [0.1, 0.15) is 95.7 Å². The van der Waals surface area contributed by atoms with Crippen LogP contribution in [0.2, 0.25) is 0 Å². The molecular formula is C52H82N16O18. The minimum absolute atomic E-state index is 0.117. The molecule has 2 aromatic rings. The van der Waals surface area contributed by atoms with Crippen LogP contribution >= 0.6 is 0 Å². The number of aliphatic carboxylic acids is 2. The first-order chi connectivity index (χ1) is 40.6. The fourth-order valence-corrected chi connectivity index (χ4v) is 8.15. The summed E-state index contributed by atoms with van der Waals surface area (Å²) in [6.45, 7) is 1.17. The van der Waals surface area contributed by atoms with Crippen LogP contribution < -0.4 is 76.5 Å². The van der Waals surface area contributed by atoms with Gasteiger partial charge in [-0.3, -0.25) is 57.5 Å². The second kappa shape index (κ2) is 38.2. The second-order valence-electron chi connectivity index (χ2n) is 20.4. The third-order valence-corrected chi connectivity index (χ3v) is 13.0. The van der Waals surface area contributed by atoms with Gasteiger partial charge in [-0.15, -0.1) is 0 Å². The Morgan fingerprint density at radius 1 is 0.512 bits per heavy atom. The molecule has 34 nitrogen and oxygen atoms in total. The number of phenols is 1. The minimum Gasteiger partial charge on any atom is -0.508 e. The quantitative estimate of drug-likeness (QED) is 0.0275. The number of hydrogen-bond donors (Lipinski definition) is 20. The van der Waals surface area contributed by atoms with E-state index in [1.54, 1.807) is 0 Å². The van der Waals surface area contributed by atoms with Gasteiger partial charge in [-0.05, 0) is 81.6 Å². The van der Waals surface area contributed by atoms with E-state index in [1.807, 2.05) is 0 Å². The van der Waals surface area contributed by atoms with Crippen molar-refractivity contribution in [2.24, 2.45) is 34.6 Å². The van der Waals surface area contributed by atoms with Crippen molar-refractivity contribution in [2.45, 2.75) is 158 Å². The average Bonchev–Trinajstić information content (AvgIpc) is 3.95. The number of aliphatic hydroxyl groups is 2. The molecule has 34 heteroatoms. The van der Waals surface area contributed by atoms with Crippen molar-refractivity contribution in [3.05, 3.63) is 48.0 Å². The maximum absolute atomic E-state index is 14.4. The number of aromatic nitrogens is 2. The highest BCUT2D eigenvalue weighted by atomic mass is 16.4. The zero-order valence-corrected chi connectivity index (χ0v) is 47.7. The third-order valence-electron chi connectivity index (χ3n) is 13.0. The first kappa shape index (κ1) is 73.2. The molecule has 86 heavy (non-hydrogen) atoms. The van der Waals surface area contributed by atoms with Crippen molar-refractivity contribution in [3.8, 4) is 5.75 Å². The zero-order chi connectivity index (χ0) is 64.6. The molecule has 0 aliphatic heterocycles. The summed E-state index contributed by atoms with van der Waals surface area (Å²) in [5.74, 6) is -15.6. The number of unbranched alkanes of at least 4 members (excludes halogenated alkanes) is 2. The van der Waals surface area contributed by atoms with Gasteiger partial charge >= 0.3 is 11.9 Å². The summed E-state index contributed by atoms with van der Waals surface area (Å²) in [5.41, 5.74) is 28.5. The van der Waals surface area contributed by atoms with Gasteiger partial charge in [-0.2, -0.15) is 0 Å². The Labute approximate surface area is 493 Å². The number of phenolic OH excluding ortho intramolecular Hbond substituents is 1. The van der Waals surface area contributed by atoms with Crippen molar-refractivity contribution in [1.29, 1.82) is 0 Å². The topological polar surface area (TPSA) is 590 Å². The highest BCUT2D eigenvalue weighted by Crippen LogP contribution is 2.14. The number of amides is 11. The monoisotopic (exact) mass is 1220 g/mol. The van der Waals surface area contributed by atoms with E-state index in [-0.39, 0.29) is 43.7 Å². The molecule has 0 saturated carbocycles. The van der Waals surface area contributed by atoms with E-state index in [0.29, 0.717) is 31.4 Å². The summed E-state index contributed by atoms with van der Waals surface area (Å²) in [4.78, 5) is 178. The molecule has 10 atom stereocenters. The number of carboxylic acids is 2. The van der Waals surface area contributed by atoms with Gasteiger partial charge in [0.15, 0.2) is 0 Å². The molecule has 0 aliphatic rings. The van der Waals surface area contributed by atoms with Gasteiger partial charge in [0.05, 0.1) is 32.0 Å². The average molecular weight is 1220 g/mol. The molecule has 11 amide bonds. The van der Waals surface area contributed by atoms with Gasteiger partial charge < -0.3 is 107 Å². The number of imidazole rings is 1. The summed E-state index contributed by atoms with van der Waals surface area (Å²) in [6.07, 6.45) is 0.135. The maximum atomic E-state index is 14.4. The van der Waals surface area contributed by atoms with Crippen LogP contribution in [0.3, 0.4) is 0 Å². The number of aromatic hydroxyl groups is 1. The van der Waals surface area contributed by atoms with Gasteiger partial charge in [-0.1, -0.05) is 32.4 Å².